The van der Waals surface area contributed by atoms with Gasteiger partial charge >= 0.3 is 0 Å². The van der Waals surface area contributed by atoms with E-state index in [0.717, 1.165) is 35.2 Å². The molecule has 0 atom stereocenters. The van der Waals surface area contributed by atoms with Crippen LogP contribution in [0.5, 0.6) is 0 Å². The van der Waals surface area contributed by atoms with Crippen LogP contribution in [0.15, 0.2) is 32.8 Å². The van der Waals surface area contributed by atoms with E-state index in [0.29, 0.717) is 11.7 Å². The number of fused-ring (bicyclic) bond motifs is 3. The minimum absolute atomic E-state index is 0.00158. The molecule has 0 radical (unpaired) electrons. The van der Waals surface area contributed by atoms with E-state index in [9.17, 15) is 9.59 Å². The number of thiophene rings is 1. The number of carbonyl (C=O) groups is 1. The Kier molecular flexibility index (Phi) is 5.10. The Morgan fingerprint density at radius 2 is 2.22 bits per heavy atom. The van der Waals surface area contributed by atoms with E-state index in [-0.39, 0.29) is 17.2 Å². The summed E-state index contributed by atoms with van der Waals surface area (Å²) in [5.74, 6) is 0.942. The quantitative estimate of drug-likeness (QED) is 0.483. The molecule has 1 aliphatic carbocycles. The number of aryl methyl sites for hydroxylation is 2. The van der Waals surface area contributed by atoms with E-state index in [2.05, 4.69) is 0 Å². The van der Waals surface area contributed by atoms with Gasteiger partial charge < -0.3 is 9.32 Å². The number of nitrogens with zero attached hydrogens (tertiary/aromatic N) is 3. The molecular formula is C19H21N3O3S2. The molecule has 0 N–H and O–H groups in total. The van der Waals surface area contributed by atoms with Crippen LogP contribution in [0, 0.1) is 0 Å². The number of thioether (sulfide) groups is 1. The molecule has 1 amide bonds. The van der Waals surface area contributed by atoms with Crippen molar-refractivity contribution < 1.29 is 9.21 Å². The van der Waals surface area contributed by atoms with E-state index >= 15 is 0 Å². The summed E-state index contributed by atoms with van der Waals surface area (Å²) >= 11 is 2.94. The molecule has 142 valence electrons. The molecule has 3 aromatic heterocycles. The predicted octanol–water partition coefficient (Wildman–Crippen LogP) is 3.22. The van der Waals surface area contributed by atoms with Crippen LogP contribution in [0.4, 0.5) is 0 Å². The van der Waals surface area contributed by atoms with Crippen LogP contribution in [0.25, 0.3) is 10.2 Å². The maximum Gasteiger partial charge on any atom is 0.262 e. The Labute approximate surface area is 165 Å². The van der Waals surface area contributed by atoms with Gasteiger partial charge in [0.25, 0.3) is 5.56 Å². The summed E-state index contributed by atoms with van der Waals surface area (Å²) in [4.78, 5) is 33.7. The first-order valence-corrected chi connectivity index (χ1v) is 10.7. The number of carbonyl (C=O) groups excluding carboxylic acids is 1. The third kappa shape index (κ3) is 3.55. The molecule has 3 heterocycles. The zero-order valence-electron chi connectivity index (χ0n) is 15.4. The van der Waals surface area contributed by atoms with Gasteiger partial charge in [-0.1, -0.05) is 11.8 Å². The lowest BCUT2D eigenvalue weighted by Gasteiger charge is -2.15. The number of rotatable bonds is 5. The van der Waals surface area contributed by atoms with Gasteiger partial charge in [0.2, 0.25) is 5.91 Å². The van der Waals surface area contributed by atoms with Crippen molar-refractivity contribution >= 4 is 39.2 Å². The van der Waals surface area contributed by atoms with Gasteiger partial charge in [0.15, 0.2) is 5.16 Å². The molecule has 27 heavy (non-hydrogen) atoms. The van der Waals surface area contributed by atoms with Gasteiger partial charge in [0, 0.05) is 19.0 Å². The lowest BCUT2D eigenvalue weighted by Crippen LogP contribution is -2.28. The molecule has 4 rings (SSSR count). The van der Waals surface area contributed by atoms with Gasteiger partial charge in [-0.15, -0.1) is 11.3 Å². The zero-order valence-corrected chi connectivity index (χ0v) is 17.0. The van der Waals surface area contributed by atoms with Gasteiger partial charge in [0.05, 0.1) is 23.9 Å². The standard InChI is InChI=1S/C19H21N3O3S2/c1-21(10-12-6-5-9-25-12)15(23)11-26-19-20-17-16(18(24)22(19)2)13-7-3-4-8-14(13)27-17/h5-6,9H,3-4,7-8,10-11H2,1-2H3. The number of hydrogen-bond donors (Lipinski definition) is 0. The molecule has 0 aromatic carbocycles. The fourth-order valence-electron chi connectivity index (χ4n) is 3.36. The van der Waals surface area contributed by atoms with Crippen LogP contribution in [0.1, 0.15) is 29.0 Å². The lowest BCUT2D eigenvalue weighted by atomic mass is 9.97. The Balaban J connectivity index is 1.53. The summed E-state index contributed by atoms with van der Waals surface area (Å²) < 4.78 is 6.86. The molecule has 1 aliphatic rings. The van der Waals surface area contributed by atoms with Crippen LogP contribution in [0.2, 0.25) is 0 Å². The third-order valence-electron chi connectivity index (χ3n) is 4.88. The van der Waals surface area contributed by atoms with Crippen molar-refractivity contribution in [2.45, 2.75) is 37.4 Å². The first kappa shape index (κ1) is 18.3. The zero-order chi connectivity index (χ0) is 19.0. The second kappa shape index (κ2) is 7.52. The monoisotopic (exact) mass is 403 g/mol. The average molecular weight is 404 g/mol. The molecule has 6 nitrogen and oxygen atoms in total. The lowest BCUT2D eigenvalue weighted by molar-refractivity contribution is -0.127. The molecular weight excluding hydrogens is 382 g/mol. The molecule has 0 saturated heterocycles. The van der Waals surface area contributed by atoms with E-state index in [1.807, 2.05) is 6.07 Å². The maximum atomic E-state index is 12.9. The summed E-state index contributed by atoms with van der Waals surface area (Å²) in [5, 5.41) is 1.37. The van der Waals surface area contributed by atoms with E-state index < -0.39 is 0 Å². The van der Waals surface area contributed by atoms with Crippen molar-refractivity contribution in [3.8, 4) is 0 Å². The summed E-state index contributed by atoms with van der Waals surface area (Å²) in [5.41, 5.74) is 1.19. The Morgan fingerprint density at radius 1 is 1.41 bits per heavy atom. The molecule has 0 bridgehead atoms. The fraction of sp³-hybridized carbons (Fsp3) is 0.421. The highest BCUT2D eigenvalue weighted by atomic mass is 32.2. The summed E-state index contributed by atoms with van der Waals surface area (Å²) in [7, 11) is 3.48. The number of furan rings is 1. The van der Waals surface area contributed by atoms with Crippen molar-refractivity contribution in [3.05, 3.63) is 45.0 Å². The second-order valence-corrected chi connectivity index (χ2v) is 8.79. The van der Waals surface area contributed by atoms with Crippen molar-refractivity contribution in [2.75, 3.05) is 12.8 Å². The van der Waals surface area contributed by atoms with Crippen molar-refractivity contribution in [1.82, 2.24) is 14.5 Å². The predicted molar refractivity (Wildman–Crippen MR) is 107 cm³/mol. The van der Waals surface area contributed by atoms with Gasteiger partial charge in [-0.3, -0.25) is 14.2 Å². The van der Waals surface area contributed by atoms with E-state index in [1.54, 1.807) is 47.2 Å². The molecule has 0 saturated carbocycles. The van der Waals surface area contributed by atoms with Gasteiger partial charge in [-0.25, -0.2) is 4.98 Å². The van der Waals surface area contributed by atoms with E-state index in [4.69, 9.17) is 9.40 Å². The first-order chi connectivity index (χ1) is 13.0. The highest BCUT2D eigenvalue weighted by Gasteiger charge is 2.22. The molecule has 3 aromatic rings. The molecule has 0 unspecified atom stereocenters. The minimum atomic E-state index is -0.0313. The Hall–Kier alpha value is -2.06. The highest BCUT2D eigenvalue weighted by molar-refractivity contribution is 7.99. The average Bonchev–Trinajstić information content (AvgIpc) is 3.30. The normalized spacial score (nSPS) is 13.7. The molecule has 0 aliphatic heterocycles. The van der Waals surface area contributed by atoms with Crippen LogP contribution >= 0.6 is 23.1 Å². The second-order valence-electron chi connectivity index (χ2n) is 6.77. The first-order valence-electron chi connectivity index (χ1n) is 8.95. The number of amides is 1. The minimum Gasteiger partial charge on any atom is -0.467 e. The smallest absolute Gasteiger partial charge is 0.262 e. The molecule has 0 fully saturated rings. The van der Waals surface area contributed by atoms with Crippen LogP contribution in [-0.4, -0.2) is 33.2 Å². The van der Waals surface area contributed by atoms with Gasteiger partial charge in [0.1, 0.15) is 10.6 Å². The van der Waals surface area contributed by atoms with Crippen LogP contribution < -0.4 is 5.56 Å². The topological polar surface area (TPSA) is 68.3 Å². The summed E-state index contributed by atoms with van der Waals surface area (Å²) in [6.45, 7) is 0.426. The van der Waals surface area contributed by atoms with Gasteiger partial charge in [-0.2, -0.15) is 0 Å². The Morgan fingerprint density at radius 3 is 3.00 bits per heavy atom. The number of aromatic nitrogens is 2. The number of hydrogen-bond acceptors (Lipinski definition) is 6. The third-order valence-corrected chi connectivity index (χ3v) is 7.08. The van der Waals surface area contributed by atoms with Gasteiger partial charge in [-0.05, 0) is 43.4 Å². The molecule has 0 spiro atoms. The van der Waals surface area contributed by atoms with E-state index in [1.165, 1.54) is 28.6 Å². The molecule has 8 heteroatoms. The maximum absolute atomic E-state index is 12.9. The SMILES string of the molecule is CN(Cc1ccco1)C(=O)CSc1nc2sc3c(c2c(=O)n1C)CCCC3. The Bertz CT molecular complexity index is 1040. The van der Waals surface area contributed by atoms with Crippen LogP contribution in [-0.2, 0) is 31.2 Å². The van der Waals surface area contributed by atoms with Crippen LogP contribution in [0.3, 0.4) is 0 Å². The largest absolute Gasteiger partial charge is 0.467 e. The summed E-state index contributed by atoms with van der Waals surface area (Å²) in [6, 6.07) is 3.65. The van der Waals surface area contributed by atoms with Crippen molar-refractivity contribution in [1.29, 1.82) is 0 Å². The summed E-state index contributed by atoms with van der Waals surface area (Å²) in [6.07, 6.45) is 5.91. The van der Waals surface area contributed by atoms with Crippen molar-refractivity contribution in [2.24, 2.45) is 7.05 Å². The highest BCUT2D eigenvalue weighted by Crippen LogP contribution is 2.34. The van der Waals surface area contributed by atoms with Crippen molar-refractivity contribution in [3.63, 3.8) is 0 Å². The fourth-order valence-corrected chi connectivity index (χ4v) is 5.57.